The van der Waals surface area contributed by atoms with Gasteiger partial charge < -0.3 is 15.4 Å². The summed E-state index contributed by atoms with van der Waals surface area (Å²) in [6.45, 7) is 3.54. The number of benzene rings is 1. The van der Waals surface area contributed by atoms with Crippen LogP contribution in [0.1, 0.15) is 48.6 Å². The van der Waals surface area contributed by atoms with Gasteiger partial charge in [-0.05, 0) is 49.7 Å². The minimum absolute atomic E-state index is 0.238. The number of aryl methyl sites for hydroxylation is 1. The fourth-order valence-electron chi connectivity index (χ4n) is 2.56. The first-order valence-corrected chi connectivity index (χ1v) is 6.33. The summed E-state index contributed by atoms with van der Waals surface area (Å²) in [6.07, 6.45) is 2.84. The van der Waals surface area contributed by atoms with Gasteiger partial charge in [0.15, 0.2) is 0 Å². The molecule has 0 saturated carbocycles. The van der Waals surface area contributed by atoms with E-state index >= 15 is 0 Å². The Morgan fingerprint density at radius 3 is 2.88 bits per heavy atom. The maximum Gasteiger partial charge on any atom is 0.374 e. The van der Waals surface area contributed by atoms with Crippen molar-refractivity contribution in [2.24, 2.45) is 0 Å². The summed E-state index contributed by atoms with van der Waals surface area (Å²) in [5.41, 5.74) is 3.54. The van der Waals surface area contributed by atoms with Crippen LogP contribution in [0.2, 0.25) is 6.82 Å². The molecule has 4 heteroatoms. The molecular weight excluding hydrogens is 213 g/mol. The van der Waals surface area contributed by atoms with Gasteiger partial charge in [-0.2, -0.15) is 0 Å². The lowest BCUT2D eigenvalue weighted by atomic mass is 9.80. The molecule has 1 aliphatic rings. The van der Waals surface area contributed by atoms with E-state index in [9.17, 15) is 10.1 Å². The van der Waals surface area contributed by atoms with E-state index in [2.05, 4.69) is 17.4 Å². The quantitative estimate of drug-likeness (QED) is 0.698. The van der Waals surface area contributed by atoms with E-state index in [1.54, 1.807) is 13.7 Å². The summed E-state index contributed by atoms with van der Waals surface area (Å²) < 4.78 is 0. The maximum absolute atomic E-state index is 9.58. The Balaban J connectivity index is 2.27. The van der Waals surface area contributed by atoms with Crippen molar-refractivity contribution in [3.05, 3.63) is 34.9 Å². The van der Waals surface area contributed by atoms with Crippen molar-refractivity contribution < 1.29 is 10.1 Å². The Labute approximate surface area is 103 Å². The lowest BCUT2D eigenvalue weighted by molar-refractivity contribution is 0.199. The zero-order valence-corrected chi connectivity index (χ0v) is 10.5. The molecule has 0 spiro atoms. The minimum atomic E-state index is -0.484. The van der Waals surface area contributed by atoms with E-state index in [0.717, 1.165) is 24.8 Å². The van der Waals surface area contributed by atoms with E-state index in [-0.39, 0.29) is 6.04 Å². The van der Waals surface area contributed by atoms with Gasteiger partial charge in [-0.15, -0.1) is 0 Å². The average Bonchev–Trinajstić information content (AvgIpc) is 2.28. The normalized spacial score (nSPS) is 20.8. The maximum atomic E-state index is 9.58. The van der Waals surface area contributed by atoms with Crippen LogP contribution >= 0.6 is 0 Å². The summed E-state index contributed by atoms with van der Waals surface area (Å²) in [7, 11) is -0.484. The molecule has 0 aromatic heterocycles. The van der Waals surface area contributed by atoms with Gasteiger partial charge in [0.25, 0.3) is 0 Å². The fraction of sp³-hybridized carbons (Fsp3) is 0.538. The lowest BCUT2D eigenvalue weighted by Crippen LogP contribution is -2.36. The third-order valence-corrected chi connectivity index (χ3v) is 3.41. The van der Waals surface area contributed by atoms with Gasteiger partial charge in [0.1, 0.15) is 0 Å². The van der Waals surface area contributed by atoms with Gasteiger partial charge in [-0.1, -0.05) is 18.2 Å². The van der Waals surface area contributed by atoms with E-state index in [1.807, 2.05) is 6.07 Å². The van der Waals surface area contributed by atoms with Crippen molar-refractivity contribution >= 4 is 7.05 Å². The van der Waals surface area contributed by atoms with Crippen molar-refractivity contribution in [1.82, 2.24) is 5.23 Å². The van der Waals surface area contributed by atoms with Crippen LogP contribution in [0.25, 0.3) is 0 Å². The standard InChI is InChI=1S/C13H20BNO2/c1-9(16)10-6-7-12-11(8-10)4-3-5-13(12)15-14(2)17/h6-9,13,15-17H,3-5H2,1-2H3/t9?,13-/m1/s1. The molecule has 1 aliphatic carbocycles. The summed E-state index contributed by atoms with van der Waals surface area (Å²) in [4.78, 5) is 0. The van der Waals surface area contributed by atoms with E-state index in [4.69, 9.17) is 0 Å². The Hall–Kier alpha value is -0.835. The highest BCUT2D eigenvalue weighted by molar-refractivity contribution is 6.45. The SMILES string of the molecule is CB(O)N[C@@H]1CCCc2cc(C(C)O)ccc21. The lowest BCUT2D eigenvalue weighted by Gasteiger charge is -2.27. The monoisotopic (exact) mass is 233 g/mol. The Bertz CT molecular complexity index is 393. The van der Waals surface area contributed by atoms with Crippen molar-refractivity contribution in [3.8, 4) is 0 Å². The predicted octanol–water partition coefficient (Wildman–Crippen LogP) is 1.82. The van der Waals surface area contributed by atoms with Gasteiger partial charge in [0, 0.05) is 6.04 Å². The molecule has 0 radical (unpaired) electrons. The molecule has 2 rings (SSSR count). The molecule has 0 aliphatic heterocycles. The van der Waals surface area contributed by atoms with Crippen molar-refractivity contribution in [3.63, 3.8) is 0 Å². The van der Waals surface area contributed by atoms with Gasteiger partial charge in [0.05, 0.1) is 6.10 Å². The molecule has 0 fully saturated rings. The van der Waals surface area contributed by atoms with E-state index < -0.39 is 13.2 Å². The van der Waals surface area contributed by atoms with Gasteiger partial charge in [-0.3, -0.25) is 0 Å². The van der Waals surface area contributed by atoms with Crippen molar-refractivity contribution in [1.29, 1.82) is 0 Å². The summed E-state index contributed by atoms with van der Waals surface area (Å²) in [6, 6.07) is 6.39. The number of aliphatic hydroxyl groups is 1. The molecule has 3 N–H and O–H groups in total. The molecule has 1 unspecified atom stereocenters. The number of rotatable bonds is 3. The van der Waals surface area contributed by atoms with E-state index in [0.29, 0.717) is 0 Å². The van der Waals surface area contributed by atoms with Gasteiger partial charge in [0.2, 0.25) is 0 Å². The Morgan fingerprint density at radius 2 is 2.24 bits per heavy atom. The van der Waals surface area contributed by atoms with Crippen LogP contribution in [-0.2, 0) is 6.42 Å². The van der Waals surface area contributed by atoms with Crippen LogP contribution in [0.3, 0.4) is 0 Å². The predicted molar refractivity (Wildman–Crippen MR) is 69.7 cm³/mol. The van der Waals surface area contributed by atoms with E-state index in [1.165, 1.54) is 11.1 Å². The van der Waals surface area contributed by atoms with Crippen LogP contribution in [0.4, 0.5) is 0 Å². The summed E-state index contributed by atoms with van der Waals surface area (Å²) >= 11 is 0. The molecular formula is C13H20BNO2. The first-order valence-electron chi connectivity index (χ1n) is 6.33. The van der Waals surface area contributed by atoms with Crippen molar-refractivity contribution in [2.75, 3.05) is 0 Å². The minimum Gasteiger partial charge on any atom is -0.437 e. The molecule has 0 amide bonds. The topological polar surface area (TPSA) is 52.5 Å². The second-order valence-corrected chi connectivity index (χ2v) is 4.92. The second kappa shape index (κ2) is 5.21. The number of fused-ring (bicyclic) bond motifs is 1. The molecule has 3 nitrogen and oxygen atoms in total. The Kier molecular flexibility index (Phi) is 3.87. The molecule has 2 atom stereocenters. The molecule has 0 bridgehead atoms. The van der Waals surface area contributed by atoms with Crippen LogP contribution in [0.15, 0.2) is 18.2 Å². The first-order chi connectivity index (χ1) is 8.08. The molecule has 1 aromatic rings. The molecule has 17 heavy (non-hydrogen) atoms. The number of hydrogen-bond acceptors (Lipinski definition) is 3. The van der Waals surface area contributed by atoms with Crippen LogP contribution in [0, 0.1) is 0 Å². The summed E-state index contributed by atoms with van der Waals surface area (Å²) in [5.74, 6) is 0. The highest BCUT2D eigenvalue weighted by Crippen LogP contribution is 2.31. The zero-order valence-electron chi connectivity index (χ0n) is 10.5. The highest BCUT2D eigenvalue weighted by Gasteiger charge is 2.22. The van der Waals surface area contributed by atoms with Crippen molar-refractivity contribution in [2.45, 2.75) is 45.2 Å². The highest BCUT2D eigenvalue weighted by atomic mass is 16.3. The average molecular weight is 233 g/mol. The van der Waals surface area contributed by atoms with Gasteiger partial charge in [-0.25, -0.2) is 0 Å². The summed E-state index contributed by atoms with van der Waals surface area (Å²) in [5, 5.41) is 22.2. The molecule has 1 aromatic carbocycles. The molecule has 92 valence electrons. The fourth-order valence-corrected chi connectivity index (χ4v) is 2.56. The molecule has 0 heterocycles. The number of nitrogens with one attached hydrogen (secondary N) is 1. The first kappa shape index (κ1) is 12.6. The molecule has 0 saturated heterocycles. The smallest absolute Gasteiger partial charge is 0.374 e. The number of hydrogen-bond donors (Lipinski definition) is 3. The largest absolute Gasteiger partial charge is 0.437 e. The van der Waals surface area contributed by atoms with Crippen LogP contribution in [-0.4, -0.2) is 17.2 Å². The second-order valence-electron chi connectivity index (χ2n) is 4.92. The Morgan fingerprint density at radius 1 is 1.47 bits per heavy atom. The van der Waals surface area contributed by atoms with Crippen LogP contribution in [0.5, 0.6) is 0 Å². The van der Waals surface area contributed by atoms with Gasteiger partial charge >= 0.3 is 7.05 Å². The third-order valence-electron chi connectivity index (χ3n) is 3.41. The third kappa shape index (κ3) is 2.89. The van der Waals surface area contributed by atoms with Crippen LogP contribution < -0.4 is 5.23 Å². The zero-order chi connectivity index (χ0) is 12.4. The number of aliphatic hydroxyl groups excluding tert-OH is 1.